The van der Waals surface area contributed by atoms with Gasteiger partial charge in [-0.3, -0.25) is 9.58 Å². The van der Waals surface area contributed by atoms with Gasteiger partial charge in [0.2, 0.25) is 0 Å². The molecule has 1 aromatic heterocycles. The lowest BCUT2D eigenvalue weighted by Gasteiger charge is -2.45. The van der Waals surface area contributed by atoms with Gasteiger partial charge in [0.15, 0.2) is 11.9 Å². The molecule has 2 aliphatic rings. The van der Waals surface area contributed by atoms with Crippen molar-refractivity contribution in [2.24, 2.45) is 7.05 Å². The van der Waals surface area contributed by atoms with Crippen molar-refractivity contribution in [3.8, 4) is 0 Å². The van der Waals surface area contributed by atoms with Crippen LogP contribution in [0.2, 0.25) is 0 Å². The average molecular weight is 452 g/mol. The van der Waals surface area contributed by atoms with Crippen LogP contribution in [0.4, 0.5) is 13.2 Å². The van der Waals surface area contributed by atoms with Crippen molar-refractivity contribution in [2.45, 2.75) is 62.4 Å². The van der Waals surface area contributed by atoms with Crippen LogP contribution >= 0.6 is 0 Å². The van der Waals surface area contributed by atoms with Crippen molar-refractivity contribution in [1.29, 1.82) is 0 Å². The topological polar surface area (TPSA) is 80.5 Å². The molecule has 0 amide bonds. The van der Waals surface area contributed by atoms with Gasteiger partial charge in [-0.1, -0.05) is 12.1 Å². The Morgan fingerprint density at radius 3 is 2.44 bits per heavy atom. The molecule has 1 aromatic carbocycles. The zero-order chi connectivity index (χ0) is 22.9. The Bertz CT molecular complexity index is 923. The molecule has 2 aromatic rings. The number of hydrogen-bond acceptors (Lipinski definition) is 5. The third-order valence-corrected chi connectivity index (χ3v) is 6.51. The van der Waals surface area contributed by atoms with Crippen molar-refractivity contribution in [3.63, 3.8) is 0 Å². The monoisotopic (exact) mass is 452 g/mol. The highest BCUT2D eigenvalue weighted by molar-refractivity contribution is 5.72. The second-order valence-electron chi connectivity index (χ2n) is 8.69. The van der Waals surface area contributed by atoms with E-state index in [0.717, 1.165) is 49.2 Å². The van der Waals surface area contributed by atoms with Crippen LogP contribution in [0.25, 0.3) is 0 Å². The predicted octanol–water partition coefficient (Wildman–Crippen LogP) is 3.26. The molecule has 1 N–H and O–H groups in total. The molecule has 0 spiro atoms. The first-order chi connectivity index (χ1) is 15.2. The fraction of sp³-hybridized carbons (Fsp3) is 0.591. The van der Waals surface area contributed by atoms with Crippen LogP contribution < -0.4 is 0 Å². The third kappa shape index (κ3) is 5.12. The number of aromatic nitrogens is 3. The van der Waals surface area contributed by atoms with E-state index >= 15 is 0 Å². The number of hydrogen-bond donors (Lipinski definition) is 1. The Kier molecular flexibility index (Phi) is 6.52. The molecule has 0 bridgehead atoms. The lowest BCUT2D eigenvalue weighted by Crippen LogP contribution is -2.57. The molecule has 1 aliphatic heterocycles. The average Bonchev–Trinajstić information content (AvgIpc) is 3.20. The summed E-state index contributed by atoms with van der Waals surface area (Å²) in [5, 5.41) is 13.9. The number of rotatable bonds is 5. The smallest absolute Gasteiger partial charge is 0.416 e. The van der Waals surface area contributed by atoms with Gasteiger partial charge in [0.05, 0.1) is 12.2 Å². The van der Waals surface area contributed by atoms with E-state index in [9.17, 15) is 23.1 Å². The van der Waals surface area contributed by atoms with E-state index in [2.05, 4.69) is 15.0 Å². The Hall–Kier alpha value is -2.46. The van der Waals surface area contributed by atoms with E-state index in [1.54, 1.807) is 11.0 Å². The molecule has 2 atom stereocenters. The molecule has 0 radical (unpaired) electrons. The fourth-order valence-electron chi connectivity index (χ4n) is 4.80. The Morgan fingerprint density at radius 2 is 1.88 bits per heavy atom. The van der Waals surface area contributed by atoms with Crippen LogP contribution in [-0.4, -0.2) is 62.1 Å². The van der Waals surface area contributed by atoms with Crippen LogP contribution in [0.1, 0.15) is 48.6 Å². The minimum Gasteiger partial charge on any atom is -0.479 e. The van der Waals surface area contributed by atoms with E-state index in [1.165, 1.54) is 12.1 Å². The van der Waals surface area contributed by atoms with Crippen LogP contribution in [0.3, 0.4) is 0 Å². The second-order valence-corrected chi connectivity index (χ2v) is 8.69. The van der Waals surface area contributed by atoms with Crippen LogP contribution in [-0.2, 0) is 29.2 Å². The number of ether oxygens (including phenoxy) is 1. The molecule has 1 saturated carbocycles. The highest BCUT2D eigenvalue weighted by Crippen LogP contribution is 2.35. The van der Waals surface area contributed by atoms with Crippen molar-refractivity contribution in [1.82, 2.24) is 19.7 Å². The summed E-state index contributed by atoms with van der Waals surface area (Å²) in [7, 11) is 1.84. The molecular formula is C22H27F3N4O3. The summed E-state index contributed by atoms with van der Waals surface area (Å²) < 4.78 is 45.9. The SMILES string of the molecule is Cn1cnc(C2CCC(N3CC(C(=O)O)OCC3Cc3ccc(C(F)(F)F)cc3)CC2)n1. The van der Waals surface area contributed by atoms with Gasteiger partial charge in [-0.05, 0) is 49.8 Å². The molecular weight excluding hydrogens is 425 g/mol. The standard InChI is InChI=1S/C22H27F3N4O3/c1-28-13-26-20(27-28)15-4-8-17(9-5-15)29-11-19(21(30)31)32-12-18(29)10-14-2-6-16(7-3-14)22(23,24)25/h2-3,6-7,13,15,17-19H,4-5,8-12H2,1H3,(H,30,31). The van der Waals surface area contributed by atoms with Crippen molar-refractivity contribution < 1.29 is 27.8 Å². The highest BCUT2D eigenvalue weighted by atomic mass is 19.4. The number of halogens is 3. The van der Waals surface area contributed by atoms with E-state index in [-0.39, 0.29) is 31.2 Å². The molecule has 1 aliphatic carbocycles. The number of morpholine rings is 1. The van der Waals surface area contributed by atoms with Gasteiger partial charge in [0, 0.05) is 31.6 Å². The number of alkyl halides is 3. The number of aryl methyl sites for hydroxylation is 1. The lowest BCUT2D eigenvalue weighted by molar-refractivity contribution is -0.162. The van der Waals surface area contributed by atoms with Crippen molar-refractivity contribution >= 4 is 5.97 Å². The summed E-state index contributed by atoms with van der Waals surface area (Å²) in [6.45, 7) is 0.511. The fourth-order valence-corrected chi connectivity index (χ4v) is 4.80. The van der Waals surface area contributed by atoms with Gasteiger partial charge in [0.25, 0.3) is 0 Å². The number of benzene rings is 1. The maximum absolute atomic E-state index is 12.9. The molecule has 1 saturated heterocycles. The van der Waals surface area contributed by atoms with E-state index in [0.29, 0.717) is 6.42 Å². The Labute approximate surface area is 184 Å². The Balaban J connectivity index is 1.44. The normalized spacial score (nSPS) is 27.4. The largest absolute Gasteiger partial charge is 0.479 e. The van der Waals surface area contributed by atoms with Gasteiger partial charge >= 0.3 is 12.1 Å². The van der Waals surface area contributed by atoms with Gasteiger partial charge in [-0.25, -0.2) is 9.78 Å². The maximum atomic E-state index is 12.9. The molecule has 2 fully saturated rings. The first-order valence-electron chi connectivity index (χ1n) is 10.8. The molecule has 174 valence electrons. The first kappa shape index (κ1) is 22.7. The van der Waals surface area contributed by atoms with Crippen LogP contribution in [0, 0.1) is 0 Å². The first-order valence-corrected chi connectivity index (χ1v) is 10.8. The molecule has 32 heavy (non-hydrogen) atoms. The van der Waals surface area contributed by atoms with Gasteiger partial charge in [-0.15, -0.1) is 0 Å². The van der Waals surface area contributed by atoms with Gasteiger partial charge in [-0.2, -0.15) is 18.3 Å². The molecule has 4 rings (SSSR count). The minimum atomic E-state index is -4.37. The second kappa shape index (κ2) is 9.19. The van der Waals surface area contributed by atoms with Gasteiger partial charge < -0.3 is 9.84 Å². The van der Waals surface area contributed by atoms with Crippen LogP contribution in [0.15, 0.2) is 30.6 Å². The quantitative estimate of drug-likeness (QED) is 0.750. The number of carboxylic acids is 1. The summed E-state index contributed by atoms with van der Waals surface area (Å²) in [6, 6.07) is 5.28. The molecule has 2 heterocycles. The van der Waals surface area contributed by atoms with Crippen molar-refractivity contribution in [3.05, 3.63) is 47.5 Å². The van der Waals surface area contributed by atoms with E-state index in [1.807, 2.05) is 7.05 Å². The zero-order valence-corrected chi connectivity index (χ0v) is 17.8. The maximum Gasteiger partial charge on any atom is 0.416 e. The summed E-state index contributed by atoms with van der Waals surface area (Å²) in [5.74, 6) is 0.143. The molecule has 2 unspecified atom stereocenters. The minimum absolute atomic E-state index is 0.0862. The third-order valence-electron chi connectivity index (χ3n) is 6.51. The summed E-state index contributed by atoms with van der Waals surface area (Å²) in [6.07, 6.45) is 0.543. The zero-order valence-electron chi connectivity index (χ0n) is 17.8. The lowest BCUT2D eigenvalue weighted by atomic mass is 9.83. The van der Waals surface area contributed by atoms with E-state index < -0.39 is 23.8 Å². The number of carboxylic acid groups (broad SMARTS) is 1. The summed E-state index contributed by atoms with van der Waals surface area (Å²) in [5.41, 5.74) is 0.0992. The number of aliphatic carboxylic acids is 1. The highest BCUT2D eigenvalue weighted by Gasteiger charge is 2.38. The summed E-state index contributed by atoms with van der Waals surface area (Å²) >= 11 is 0. The predicted molar refractivity (Wildman–Crippen MR) is 109 cm³/mol. The molecule has 10 heteroatoms. The van der Waals surface area contributed by atoms with E-state index in [4.69, 9.17) is 4.74 Å². The summed E-state index contributed by atoms with van der Waals surface area (Å²) in [4.78, 5) is 18.1. The Morgan fingerprint density at radius 1 is 1.19 bits per heavy atom. The molecule has 7 nitrogen and oxygen atoms in total. The van der Waals surface area contributed by atoms with Gasteiger partial charge in [0.1, 0.15) is 6.33 Å². The number of nitrogens with zero attached hydrogens (tertiary/aromatic N) is 4. The van der Waals surface area contributed by atoms with Crippen LogP contribution in [0.5, 0.6) is 0 Å². The number of carbonyl (C=O) groups is 1. The van der Waals surface area contributed by atoms with Crippen molar-refractivity contribution in [2.75, 3.05) is 13.2 Å².